The number of hydrogen-bond acceptors (Lipinski definition) is 4. The number of amides is 3. The highest BCUT2D eigenvalue weighted by molar-refractivity contribution is 6.06. The van der Waals surface area contributed by atoms with Crippen molar-refractivity contribution in [2.75, 3.05) is 18.5 Å². The minimum atomic E-state index is -0.847. The molecule has 2 aromatic rings. The van der Waals surface area contributed by atoms with Crippen molar-refractivity contribution in [3.8, 4) is 11.1 Å². The Hall–Kier alpha value is -3.19. The molecule has 0 bridgehead atoms. The van der Waals surface area contributed by atoms with Crippen LogP contribution in [0.1, 0.15) is 51.6 Å². The largest absolute Gasteiger partial charge is 0.343 e. The summed E-state index contributed by atoms with van der Waals surface area (Å²) in [6.07, 6.45) is 3.03. The summed E-state index contributed by atoms with van der Waals surface area (Å²) in [5, 5.41) is 9.04. The summed E-state index contributed by atoms with van der Waals surface area (Å²) < 4.78 is 0. The van der Waals surface area contributed by atoms with E-state index in [4.69, 9.17) is 0 Å². The summed E-state index contributed by atoms with van der Waals surface area (Å²) in [5.74, 6) is 0.349. The minimum Gasteiger partial charge on any atom is -0.343 e. The molecule has 3 amide bonds. The fraction of sp³-hybridized carbons (Fsp3) is 0.464. The van der Waals surface area contributed by atoms with E-state index < -0.39 is 12.1 Å². The van der Waals surface area contributed by atoms with Crippen LogP contribution in [0.5, 0.6) is 0 Å². The van der Waals surface area contributed by atoms with E-state index in [0.717, 1.165) is 48.2 Å². The average Bonchev–Trinajstić information content (AvgIpc) is 3.31. The number of anilines is 1. The normalized spacial score (nSPS) is 22.3. The van der Waals surface area contributed by atoms with E-state index in [1.54, 1.807) is 18.9 Å². The number of para-hydroxylation sites is 1. The molecule has 0 spiro atoms. The Labute approximate surface area is 207 Å². The van der Waals surface area contributed by atoms with Gasteiger partial charge in [0.15, 0.2) is 0 Å². The quantitative estimate of drug-likeness (QED) is 0.571. The monoisotopic (exact) mass is 476 g/mol. The van der Waals surface area contributed by atoms with E-state index in [1.165, 1.54) is 0 Å². The number of carbonyl (C=O) groups excluding carboxylic acids is 3. The maximum Gasteiger partial charge on any atom is 0.253 e. The molecule has 35 heavy (non-hydrogen) atoms. The van der Waals surface area contributed by atoms with Gasteiger partial charge in [-0.3, -0.25) is 14.4 Å². The predicted molar refractivity (Wildman–Crippen MR) is 138 cm³/mol. The van der Waals surface area contributed by atoms with Crippen LogP contribution in [-0.2, 0) is 14.4 Å². The molecule has 2 aliphatic heterocycles. The van der Waals surface area contributed by atoms with Crippen molar-refractivity contribution in [3.63, 3.8) is 0 Å². The third-order valence-corrected chi connectivity index (χ3v) is 7.13. The van der Waals surface area contributed by atoms with Crippen LogP contribution in [0, 0.1) is 11.8 Å². The standard InChI is InChI=1S/C28H36N4O3/c1-17(2)13-14-19-15-23(29-16-19)27(34)30-18(3)26(33)31-25-22-11-6-5-9-20(22)21-10-7-8-12-24(21)32(4)28(25)35/h5-12,17-19,23,25,29H,13-16H2,1-4H3,(H,30,34)(H,31,33)/t18-,19?,23?,25-/m0/s1. The van der Waals surface area contributed by atoms with Crippen LogP contribution < -0.4 is 20.9 Å². The second-order valence-corrected chi connectivity index (χ2v) is 10.2. The van der Waals surface area contributed by atoms with Crippen LogP contribution in [0.2, 0.25) is 0 Å². The molecule has 1 fully saturated rings. The summed E-state index contributed by atoms with van der Waals surface area (Å²) in [4.78, 5) is 41.0. The maximum absolute atomic E-state index is 13.4. The Kier molecular flexibility index (Phi) is 7.55. The molecule has 7 heteroatoms. The van der Waals surface area contributed by atoms with Crippen molar-refractivity contribution in [3.05, 3.63) is 54.1 Å². The Morgan fingerprint density at radius 3 is 2.49 bits per heavy atom. The van der Waals surface area contributed by atoms with Gasteiger partial charge in [0.2, 0.25) is 11.8 Å². The molecular formula is C28H36N4O3. The number of likely N-dealkylation sites (N-methyl/N-ethyl adjacent to an activating group) is 1. The molecule has 2 aromatic carbocycles. The fourth-order valence-corrected chi connectivity index (χ4v) is 5.02. The van der Waals surface area contributed by atoms with Gasteiger partial charge in [-0.1, -0.05) is 62.7 Å². The Bertz CT molecular complexity index is 1100. The average molecular weight is 477 g/mol. The van der Waals surface area contributed by atoms with Gasteiger partial charge in [-0.2, -0.15) is 0 Å². The zero-order chi connectivity index (χ0) is 25.1. The Morgan fingerprint density at radius 2 is 1.74 bits per heavy atom. The molecule has 4 atom stereocenters. The lowest BCUT2D eigenvalue weighted by Crippen LogP contribution is -2.52. The van der Waals surface area contributed by atoms with Gasteiger partial charge in [0, 0.05) is 12.6 Å². The summed E-state index contributed by atoms with van der Waals surface area (Å²) in [7, 11) is 1.72. The highest BCUT2D eigenvalue weighted by atomic mass is 16.2. The molecule has 186 valence electrons. The number of benzene rings is 2. The van der Waals surface area contributed by atoms with Gasteiger partial charge in [0.05, 0.1) is 11.7 Å². The van der Waals surface area contributed by atoms with Crippen molar-refractivity contribution < 1.29 is 14.4 Å². The van der Waals surface area contributed by atoms with Crippen LogP contribution >= 0.6 is 0 Å². The first-order valence-corrected chi connectivity index (χ1v) is 12.6. The van der Waals surface area contributed by atoms with Crippen LogP contribution in [-0.4, -0.2) is 43.4 Å². The van der Waals surface area contributed by atoms with E-state index in [0.29, 0.717) is 11.8 Å². The maximum atomic E-state index is 13.4. The number of hydrogen-bond donors (Lipinski definition) is 3. The number of rotatable bonds is 7. The number of fused-ring (bicyclic) bond motifs is 3. The number of carbonyl (C=O) groups is 3. The van der Waals surface area contributed by atoms with Gasteiger partial charge in [0.1, 0.15) is 12.1 Å². The molecule has 2 unspecified atom stereocenters. The molecule has 3 N–H and O–H groups in total. The molecule has 0 saturated carbocycles. The summed E-state index contributed by atoms with van der Waals surface area (Å²) in [5.41, 5.74) is 3.38. The van der Waals surface area contributed by atoms with Gasteiger partial charge in [-0.25, -0.2) is 0 Å². The summed E-state index contributed by atoms with van der Waals surface area (Å²) >= 11 is 0. The number of nitrogens with zero attached hydrogens (tertiary/aromatic N) is 1. The van der Waals surface area contributed by atoms with E-state index in [9.17, 15) is 14.4 Å². The van der Waals surface area contributed by atoms with Crippen LogP contribution in [0.3, 0.4) is 0 Å². The van der Waals surface area contributed by atoms with Crippen molar-refractivity contribution >= 4 is 23.4 Å². The fourth-order valence-electron chi connectivity index (χ4n) is 5.02. The second kappa shape index (κ2) is 10.6. The zero-order valence-corrected chi connectivity index (χ0v) is 21.0. The van der Waals surface area contributed by atoms with Crippen molar-refractivity contribution in [2.24, 2.45) is 11.8 Å². The summed E-state index contributed by atoms with van der Waals surface area (Å²) in [6.45, 7) is 6.90. The molecule has 0 aliphatic carbocycles. The highest BCUT2D eigenvalue weighted by Crippen LogP contribution is 2.39. The highest BCUT2D eigenvalue weighted by Gasteiger charge is 2.35. The molecule has 2 aliphatic rings. The van der Waals surface area contributed by atoms with Gasteiger partial charge < -0.3 is 20.9 Å². The molecule has 0 aromatic heterocycles. The third-order valence-electron chi connectivity index (χ3n) is 7.13. The first kappa shape index (κ1) is 24.9. The summed E-state index contributed by atoms with van der Waals surface area (Å²) in [6, 6.07) is 13.4. The first-order chi connectivity index (χ1) is 16.8. The van der Waals surface area contributed by atoms with Gasteiger partial charge in [0.25, 0.3) is 5.91 Å². The Balaban J connectivity index is 1.44. The van der Waals surface area contributed by atoms with Gasteiger partial charge in [-0.15, -0.1) is 0 Å². The van der Waals surface area contributed by atoms with Gasteiger partial charge >= 0.3 is 0 Å². The molecule has 4 rings (SSSR count). The van der Waals surface area contributed by atoms with E-state index in [1.807, 2.05) is 48.5 Å². The molecule has 7 nitrogen and oxygen atoms in total. The van der Waals surface area contributed by atoms with Crippen LogP contribution in [0.25, 0.3) is 11.1 Å². The number of nitrogens with one attached hydrogen (secondary N) is 3. The van der Waals surface area contributed by atoms with Crippen LogP contribution in [0.15, 0.2) is 48.5 Å². The molecule has 0 radical (unpaired) electrons. The van der Waals surface area contributed by atoms with Crippen molar-refractivity contribution in [1.82, 2.24) is 16.0 Å². The zero-order valence-electron chi connectivity index (χ0n) is 21.0. The van der Waals surface area contributed by atoms with Crippen molar-refractivity contribution in [1.29, 1.82) is 0 Å². The third kappa shape index (κ3) is 5.40. The SMILES string of the molecule is CC(C)CCC1CNC(C(=O)N[C@@H](C)C(=O)N[C@@H]2C(=O)N(C)c3ccccc3-c3ccccc32)C1. The molecular weight excluding hydrogens is 440 g/mol. The second-order valence-electron chi connectivity index (χ2n) is 10.2. The lowest BCUT2D eigenvalue weighted by atomic mass is 9.95. The minimum absolute atomic E-state index is 0.170. The smallest absolute Gasteiger partial charge is 0.253 e. The van der Waals surface area contributed by atoms with Crippen LogP contribution in [0.4, 0.5) is 5.69 Å². The molecule has 2 heterocycles. The first-order valence-electron chi connectivity index (χ1n) is 12.6. The topological polar surface area (TPSA) is 90.5 Å². The van der Waals surface area contributed by atoms with Crippen molar-refractivity contribution in [2.45, 2.75) is 58.2 Å². The van der Waals surface area contributed by atoms with E-state index in [-0.39, 0.29) is 23.8 Å². The lowest BCUT2D eigenvalue weighted by molar-refractivity contribution is -0.131. The van der Waals surface area contributed by atoms with Gasteiger partial charge in [-0.05, 0) is 55.3 Å². The molecule has 1 saturated heterocycles. The van der Waals surface area contributed by atoms with E-state index >= 15 is 0 Å². The lowest BCUT2D eigenvalue weighted by Gasteiger charge is -2.25. The Morgan fingerprint density at radius 1 is 1.06 bits per heavy atom. The predicted octanol–water partition coefficient (Wildman–Crippen LogP) is 3.41. The van der Waals surface area contributed by atoms with E-state index in [2.05, 4.69) is 29.8 Å².